The van der Waals surface area contributed by atoms with Crippen LogP contribution in [0.2, 0.25) is 0 Å². The van der Waals surface area contributed by atoms with E-state index in [1.54, 1.807) is 36.1 Å². The molecule has 0 spiro atoms. The summed E-state index contributed by atoms with van der Waals surface area (Å²) in [6.45, 7) is 2.24. The maximum absolute atomic E-state index is 12.4. The molecule has 1 aliphatic heterocycles. The van der Waals surface area contributed by atoms with Crippen molar-refractivity contribution in [2.24, 2.45) is 0 Å². The third-order valence-corrected chi connectivity index (χ3v) is 4.33. The number of para-hydroxylation sites is 2. The third-order valence-electron chi connectivity index (χ3n) is 4.33. The van der Waals surface area contributed by atoms with E-state index in [2.05, 4.69) is 5.32 Å². The maximum atomic E-state index is 12.4. The minimum atomic E-state index is -0.990. The van der Waals surface area contributed by atoms with Crippen LogP contribution in [-0.2, 0) is 16.1 Å². The van der Waals surface area contributed by atoms with Crippen LogP contribution in [0.5, 0.6) is 5.75 Å². The molecule has 27 heavy (non-hydrogen) atoms. The second-order valence-electron chi connectivity index (χ2n) is 6.25. The third kappa shape index (κ3) is 4.25. The number of hydrogen-bond acceptors (Lipinski definition) is 4. The standard InChI is InChI=1S/C20H20N2O5/c1-13-19(24)22(16-4-2-3-5-17(16)27-13)11-10-18(23)21-12-14-6-8-15(9-7-14)20(25)26/h2-9,13H,10-12H2,1H3,(H,21,23)(H,25,26)/t13-/m1/s1. The number of nitrogens with zero attached hydrogens (tertiary/aromatic N) is 1. The van der Waals surface area contributed by atoms with Gasteiger partial charge in [-0.05, 0) is 36.8 Å². The van der Waals surface area contributed by atoms with E-state index in [0.29, 0.717) is 18.0 Å². The maximum Gasteiger partial charge on any atom is 0.335 e. The predicted octanol–water partition coefficient (Wildman–Crippen LogP) is 2.21. The van der Waals surface area contributed by atoms with Gasteiger partial charge in [-0.3, -0.25) is 9.59 Å². The van der Waals surface area contributed by atoms with E-state index in [0.717, 1.165) is 5.56 Å². The Balaban J connectivity index is 1.56. The summed E-state index contributed by atoms with van der Waals surface area (Å²) < 4.78 is 5.58. The molecular weight excluding hydrogens is 348 g/mol. The number of carboxylic acid groups (broad SMARTS) is 1. The molecule has 0 radical (unpaired) electrons. The Hall–Kier alpha value is -3.35. The zero-order valence-corrected chi connectivity index (χ0v) is 14.8. The lowest BCUT2D eigenvalue weighted by atomic mass is 10.1. The molecule has 140 valence electrons. The highest BCUT2D eigenvalue weighted by Crippen LogP contribution is 2.33. The van der Waals surface area contributed by atoms with Gasteiger partial charge < -0.3 is 20.1 Å². The first kappa shape index (κ1) is 18.4. The molecule has 2 amide bonds. The van der Waals surface area contributed by atoms with Crippen LogP contribution >= 0.6 is 0 Å². The lowest BCUT2D eigenvalue weighted by Crippen LogP contribution is -2.45. The van der Waals surface area contributed by atoms with E-state index in [1.807, 2.05) is 12.1 Å². The molecule has 0 fully saturated rings. The number of carbonyl (C=O) groups is 3. The number of ether oxygens (including phenoxy) is 1. The van der Waals surface area contributed by atoms with Crippen molar-refractivity contribution in [2.45, 2.75) is 26.0 Å². The van der Waals surface area contributed by atoms with Crippen LogP contribution in [0, 0.1) is 0 Å². The van der Waals surface area contributed by atoms with Gasteiger partial charge in [0.25, 0.3) is 5.91 Å². The van der Waals surface area contributed by atoms with E-state index < -0.39 is 12.1 Å². The van der Waals surface area contributed by atoms with E-state index in [-0.39, 0.29) is 30.3 Å². The van der Waals surface area contributed by atoms with Gasteiger partial charge in [0, 0.05) is 19.5 Å². The highest BCUT2D eigenvalue weighted by molar-refractivity contribution is 6.00. The van der Waals surface area contributed by atoms with Crippen LogP contribution in [0.15, 0.2) is 48.5 Å². The number of benzene rings is 2. The normalized spacial score (nSPS) is 15.7. The van der Waals surface area contributed by atoms with Crippen molar-refractivity contribution in [2.75, 3.05) is 11.4 Å². The average molecular weight is 368 g/mol. The lowest BCUT2D eigenvalue weighted by Gasteiger charge is -2.32. The number of rotatable bonds is 6. The van der Waals surface area contributed by atoms with Gasteiger partial charge in [0.1, 0.15) is 5.75 Å². The molecule has 1 atom stereocenters. The predicted molar refractivity (Wildman–Crippen MR) is 98.8 cm³/mol. The first-order valence-corrected chi connectivity index (χ1v) is 8.61. The number of aromatic carboxylic acids is 1. The molecule has 2 N–H and O–H groups in total. The largest absolute Gasteiger partial charge is 0.479 e. The quantitative estimate of drug-likeness (QED) is 0.815. The zero-order chi connectivity index (χ0) is 19.4. The fourth-order valence-electron chi connectivity index (χ4n) is 2.86. The fraction of sp³-hybridized carbons (Fsp3) is 0.250. The minimum Gasteiger partial charge on any atom is -0.479 e. The summed E-state index contributed by atoms with van der Waals surface area (Å²) in [6.07, 6.45) is -0.435. The number of hydrogen-bond donors (Lipinski definition) is 2. The Morgan fingerprint density at radius 2 is 1.85 bits per heavy atom. The fourth-order valence-corrected chi connectivity index (χ4v) is 2.86. The topological polar surface area (TPSA) is 95.9 Å². The molecule has 3 rings (SSSR count). The van der Waals surface area contributed by atoms with Gasteiger partial charge in [-0.15, -0.1) is 0 Å². The van der Waals surface area contributed by atoms with Gasteiger partial charge in [-0.2, -0.15) is 0 Å². The molecule has 0 aliphatic carbocycles. The number of anilines is 1. The summed E-state index contributed by atoms with van der Waals surface area (Å²) in [6, 6.07) is 13.6. The summed E-state index contributed by atoms with van der Waals surface area (Å²) in [5.74, 6) is -0.730. The Bertz CT molecular complexity index is 863. The first-order valence-electron chi connectivity index (χ1n) is 8.61. The molecule has 2 aromatic rings. The summed E-state index contributed by atoms with van der Waals surface area (Å²) in [4.78, 5) is 37.0. The number of carbonyl (C=O) groups excluding carboxylic acids is 2. The van der Waals surface area contributed by atoms with Crippen LogP contribution in [0.1, 0.15) is 29.3 Å². The number of carboxylic acids is 1. The summed E-state index contributed by atoms with van der Waals surface area (Å²) in [5, 5.41) is 11.7. The van der Waals surface area contributed by atoms with Gasteiger partial charge in [0.2, 0.25) is 5.91 Å². The van der Waals surface area contributed by atoms with Crippen molar-refractivity contribution in [1.29, 1.82) is 0 Å². The lowest BCUT2D eigenvalue weighted by molar-refractivity contribution is -0.125. The van der Waals surface area contributed by atoms with Gasteiger partial charge >= 0.3 is 5.97 Å². The molecular formula is C20H20N2O5. The minimum absolute atomic E-state index is 0.153. The smallest absolute Gasteiger partial charge is 0.335 e. The van der Waals surface area contributed by atoms with Crippen molar-refractivity contribution in [1.82, 2.24) is 5.32 Å². The molecule has 0 aromatic heterocycles. The Labute approximate surface area is 156 Å². The molecule has 1 aliphatic rings. The van der Waals surface area contributed by atoms with Crippen LogP contribution in [-0.4, -0.2) is 35.5 Å². The molecule has 7 nitrogen and oxygen atoms in total. The van der Waals surface area contributed by atoms with E-state index in [4.69, 9.17) is 9.84 Å². The van der Waals surface area contributed by atoms with Crippen molar-refractivity contribution < 1.29 is 24.2 Å². The summed E-state index contributed by atoms with van der Waals surface area (Å²) in [7, 11) is 0. The van der Waals surface area contributed by atoms with Crippen LogP contribution < -0.4 is 15.0 Å². The molecule has 0 saturated heterocycles. The van der Waals surface area contributed by atoms with E-state index in [9.17, 15) is 14.4 Å². The first-order chi connectivity index (χ1) is 13.0. The van der Waals surface area contributed by atoms with E-state index >= 15 is 0 Å². The summed E-state index contributed by atoms with van der Waals surface area (Å²) >= 11 is 0. The van der Waals surface area contributed by atoms with E-state index in [1.165, 1.54) is 12.1 Å². The molecule has 0 bridgehead atoms. The molecule has 0 saturated carbocycles. The van der Waals surface area contributed by atoms with Gasteiger partial charge in [-0.25, -0.2) is 4.79 Å². The van der Waals surface area contributed by atoms with Crippen LogP contribution in [0.25, 0.3) is 0 Å². The molecule has 0 unspecified atom stereocenters. The highest BCUT2D eigenvalue weighted by Gasteiger charge is 2.31. The monoisotopic (exact) mass is 368 g/mol. The molecule has 1 heterocycles. The van der Waals surface area contributed by atoms with Gasteiger partial charge in [0.15, 0.2) is 6.10 Å². The SMILES string of the molecule is C[C@H]1Oc2ccccc2N(CCC(=O)NCc2ccc(C(=O)O)cc2)C1=O. The van der Waals surface area contributed by atoms with Crippen molar-refractivity contribution in [3.8, 4) is 5.75 Å². The second kappa shape index (κ2) is 7.90. The Kier molecular flexibility index (Phi) is 5.40. The van der Waals surface area contributed by atoms with Crippen molar-refractivity contribution in [3.63, 3.8) is 0 Å². The number of amides is 2. The van der Waals surface area contributed by atoms with Crippen molar-refractivity contribution in [3.05, 3.63) is 59.7 Å². The Morgan fingerprint density at radius 3 is 2.56 bits per heavy atom. The van der Waals surface area contributed by atoms with Crippen LogP contribution in [0.3, 0.4) is 0 Å². The second-order valence-corrected chi connectivity index (χ2v) is 6.25. The van der Waals surface area contributed by atoms with Crippen molar-refractivity contribution >= 4 is 23.5 Å². The molecule has 7 heteroatoms. The number of fused-ring (bicyclic) bond motifs is 1. The Morgan fingerprint density at radius 1 is 1.15 bits per heavy atom. The number of nitrogens with one attached hydrogen (secondary N) is 1. The average Bonchev–Trinajstić information content (AvgIpc) is 2.67. The van der Waals surface area contributed by atoms with Gasteiger partial charge in [0.05, 0.1) is 11.3 Å². The zero-order valence-electron chi connectivity index (χ0n) is 14.8. The molecule has 2 aromatic carbocycles. The highest BCUT2D eigenvalue weighted by atomic mass is 16.5. The summed E-state index contributed by atoms with van der Waals surface area (Å²) in [5.41, 5.74) is 1.66. The van der Waals surface area contributed by atoms with Gasteiger partial charge in [-0.1, -0.05) is 24.3 Å². The van der Waals surface area contributed by atoms with Crippen LogP contribution in [0.4, 0.5) is 5.69 Å².